The van der Waals surface area contributed by atoms with Crippen LogP contribution in [0, 0.1) is 5.82 Å². The highest BCUT2D eigenvalue weighted by Gasteiger charge is 2.58. The predicted molar refractivity (Wildman–Crippen MR) is 73.1 cm³/mol. The van der Waals surface area contributed by atoms with E-state index in [4.69, 9.17) is 4.74 Å². The first kappa shape index (κ1) is 12.8. The normalized spacial score (nSPS) is 25.3. The second kappa shape index (κ2) is 4.71. The molecule has 2 aromatic rings. The summed E-state index contributed by atoms with van der Waals surface area (Å²) in [6, 6.07) is 13.8. The standard InChI is InChI=1S/C15H12BrFO2/c16-13-4-2-1-3-12(13)14-15(9-18,19-14)10-5-7-11(17)8-6-10/h1-8,14,18H,9H2. The van der Waals surface area contributed by atoms with E-state index in [1.54, 1.807) is 12.1 Å². The molecule has 1 aliphatic heterocycles. The third-order valence-electron chi connectivity index (χ3n) is 3.45. The Morgan fingerprint density at radius 2 is 1.84 bits per heavy atom. The van der Waals surface area contributed by atoms with Crippen molar-refractivity contribution in [1.82, 2.24) is 0 Å². The molecule has 0 aromatic heterocycles. The van der Waals surface area contributed by atoms with E-state index in [0.717, 1.165) is 15.6 Å². The van der Waals surface area contributed by atoms with E-state index in [1.807, 2.05) is 24.3 Å². The number of halogens is 2. The SMILES string of the molecule is OCC1(c2ccc(F)cc2)OC1c1ccccc1Br. The lowest BCUT2D eigenvalue weighted by atomic mass is 9.92. The average molecular weight is 323 g/mol. The zero-order chi connectivity index (χ0) is 13.5. The Bertz CT molecular complexity index is 599. The van der Waals surface area contributed by atoms with Gasteiger partial charge in [-0.3, -0.25) is 0 Å². The van der Waals surface area contributed by atoms with Crippen LogP contribution in [0.15, 0.2) is 53.0 Å². The molecule has 1 N–H and O–H groups in total. The van der Waals surface area contributed by atoms with Crippen molar-refractivity contribution in [3.8, 4) is 0 Å². The van der Waals surface area contributed by atoms with Crippen LogP contribution in [0.3, 0.4) is 0 Å². The molecule has 1 fully saturated rings. The van der Waals surface area contributed by atoms with Crippen LogP contribution in [0.1, 0.15) is 17.2 Å². The van der Waals surface area contributed by atoms with E-state index < -0.39 is 5.60 Å². The molecule has 2 nitrogen and oxygen atoms in total. The van der Waals surface area contributed by atoms with Gasteiger partial charge in [-0.25, -0.2) is 4.39 Å². The quantitative estimate of drug-likeness (QED) is 0.876. The van der Waals surface area contributed by atoms with Crippen LogP contribution in [0.4, 0.5) is 4.39 Å². The van der Waals surface area contributed by atoms with E-state index in [0.29, 0.717) is 0 Å². The van der Waals surface area contributed by atoms with Crippen molar-refractivity contribution in [3.63, 3.8) is 0 Å². The third-order valence-corrected chi connectivity index (χ3v) is 4.17. The molecule has 1 heterocycles. The highest BCUT2D eigenvalue weighted by molar-refractivity contribution is 9.10. The minimum Gasteiger partial charge on any atom is -0.393 e. The number of aliphatic hydroxyl groups is 1. The third kappa shape index (κ3) is 2.10. The first-order valence-electron chi connectivity index (χ1n) is 5.96. The monoisotopic (exact) mass is 322 g/mol. The Morgan fingerprint density at radius 1 is 1.16 bits per heavy atom. The summed E-state index contributed by atoms with van der Waals surface area (Å²) in [5.41, 5.74) is 1.02. The lowest BCUT2D eigenvalue weighted by Crippen LogP contribution is -2.15. The maximum atomic E-state index is 13.0. The molecule has 0 radical (unpaired) electrons. The van der Waals surface area contributed by atoms with Crippen molar-refractivity contribution in [2.45, 2.75) is 11.7 Å². The van der Waals surface area contributed by atoms with Gasteiger partial charge >= 0.3 is 0 Å². The fourth-order valence-electron chi connectivity index (χ4n) is 2.34. The minimum atomic E-state index is -0.752. The summed E-state index contributed by atoms with van der Waals surface area (Å²) < 4.78 is 19.7. The van der Waals surface area contributed by atoms with Crippen LogP contribution in [-0.2, 0) is 10.3 Å². The van der Waals surface area contributed by atoms with Crippen LogP contribution in [-0.4, -0.2) is 11.7 Å². The molecule has 0 saturated carbocycles. The number of rotatable bonds is 3. The molecule has 3 rings (SSSR count). The molecular weight excluding hydrogens is 311 g/mol. The van der Waals surface area contributed by atoms with Gasteiger partial charge < -0.3 is 9.84 Å². The van der Waals surface area contributed by atoms with Crippen molar-refractivity contribution in [3.05, 3.63) is 69.9 Å². The zero-order valence-corrected chi connectivity index (χ0v) is 11.6. The van der Waals surface area contributed by atoms with Crippen LogP contribution >= 0.6 is 15.9 Å². The molecule has 0 aliphatic carbocycles. The Labute approximate surface area is 119 Å². The molecular formula is C15H12BrFO2. The van der Waals surface area contributed by atoms with Gasteiger partial charge in [-0.1, -0.05) is 46.3 Å². The maximum absolute atomic E-state index is 13.0. The van der Waals surface area contributed by atoms with Gasteiger partial charge in [-0.15, -0.1) is 0 Å². The van der Waals surface area contributed by atoms with E-state index in [1.165, 1.54) is 12.1 Å². The summed E-state index contributed by atoms with van der Waals surface area (Å²) in [4.78, 5) is 0. The van der Waals surface area contributed by atoms with Gasteiger partial charge in [0.25, 0.3) is 0 Å². The number of hydrogen-bond donors (Lipinski definition) is 1. The van der Waals surface area contributed by atoms with Gasteiger partial charge in [-0.05, 0) is 29.3 Å². The van der Waals surface area contributed by atoms with Crippen LogP contribution < -0.4 is 0 Å². The Kier molecular flexibility index (Phi) is 3.17. The second-order valence-electron chi connectivity index (χ2n) is 4.57. The molecule has 2 atom stereocenters. The second-order valence-corrected chi connectivity index (χ2v) is 5.43. The smallest absolute Gasteiger partial charge is 0.147 e. The predicted octanol–water partition coefficient (Wildman–Crippen LogP) is 3.55. The fraction of sp³-hybridized carbons (Fsp3) is 0.200. The largest absolute Gasteiger partial charge is 0.393 e. The zero-order valence-electron chi connectivity index (χ0n) is 10.0. The Hall–Kier alpha value is -1.23. The van der Waals surface area contributed by atoms with Gasteiger partial charge in [0.2, 0.25) is 0 Å². The number of epoxide rings is 1. The number of aliphatic hydroxyl groups excluding tert-OH is 1. The van der Waals surface area contributed by atoms with Gasteiger partial charge in [0.15, 0.2) is 0 Å². The molecule has 0 bridgehead atoms. The summed E-state index contributed by atoms with van der Waals surface area (Å²) in [7, 11) is 0. The van der Waals surface area contributed by atoms with Crippen LogP contribution in [0.2, 0.25) is 0 Å². The van der Waals surface area contributed by atoms with E-state index in [9.17, 15) is 9.50 Å². The number of ether oxygens (including phenoxy) is 1. The van der Waals surface area contributed by atoms with Gasteiger partial charge in [0.05, 0.1) is 6.61 Å². The molecule has 98 valence electrons. The lowest BCUT2D eigenvalue weighted by Gasteiger charge is -2.10. The highest BCUT2D eigenvalue weighted by Crippen LogP contribution is 2.57. The molecule has 0 amide bonds. The number of benzene rings is 2. The first-order valence-corrected chi connectivity index (χ1v) is 6.76. The molecule has 0 spiro atoms. The van der Waals surface area contributed by atoms with E-state index in [2.05, 4.69) is 15.9 Å². The molecule has 2 aromatic carbocycles. The van der Waals surface area contributed by atoms with Crippen molar-refractivity contribution < 1.29 is 14.2 Å². The minimum absolute atomic E-state index is 0.134. The highest BCUT2D eigenvalue weighted by atomic mass is 79.9. The van der Waals surface area contributed by atoms with Gasteiger partial charge in [0, 0.05) is 4.47 Å². The van der Waals surface area contributed by atoms with Crippen LogP contribution in [0.25, 0.3) is 0 Å². The van der Waals surface area contributed by atoms with E-state index >= 15 is 0 Å². The fourth-order valence-corrected chi connectivity index (χ4v) is 2.83. The molecule has 1 saturated heterocycles. The van der Waals surface area contributed by atoms with Crippen molar-refractivity contribution in [2.24, 2.45) is 0 Å². The Morgan fingerprint density at radius 3 is 2.47 bits per heavy atom. The lowest BCUT2D eigenvalue weighted by molar-refractivity contribution is 0.172. The maximum Gasteiger partial charge on any atom is 0.147 e. The Balaban J connectivity index is 1.96. The van der Waals surface area contributed by atoms with Gasteiger partial charge in [-0.2, -0.15) is 0 Å². The summed E-state index contributed by atoms with van der Waals surface area (Å²) >= 11 is 3.48. The van der Waals surface area contributed by atoms with Gasteiger partial charge in [0.1, 0.15) is 17.5 Å². The van der Waals surface area contributed by atoms with Crippen LogP contribution in [0.5, 0.6) is 0 Å². The molecule has 19 heavy (non-hydrogen) atoms. The summed E-state index contributed by atoms with van der Waals surface area (Å²) in [5, 5.41) is 9.67. The topological polar surface area (TPSA) is 32.8 Å². The number of hydrogen-bond acceptors (Lipinski definition) is 2. The van der Waals surface area contributed by atoms with Crippen molar-refractivity contribution in [2.75, 3.05) is 6.61 Å². The van der Waals surface area contributed by atoms with Crippen molar-refractivity contribution in [1.29, 1.82) is 0 Å². The van der Waals surface area contributed by atoms with Crippen molar-refractivity contribution >= 4 is 15.9 Å². The molecule has 4 heteroatoms. The van der Waals surface area contributed by atoms with E-state index in [-0.39, 0.29) is 18.5 Å². The average Bonchev–Trinajstić information content (AvgIpc) is 3.16. The first-order chi connectivity index (χ1) is 9.17. The molecule has 2 unspecified atom stereocenters. The summed E-state index contributed by atoms with van der Waals surface area (Å²) in [6.07, 6.45) is -0.210. The summed E-state index contributed by atoms with van der Waals surface area (Å²) in [5.74, 6) is -0.296. The molecule has 1 aliphatic rings. The summed E-state index contributed by atoms with van der Waals surface area (Å²) in [6.45, 7) is -0.134.